The van der Waals surface area contributed by atoms with Gasteiger partial charge in [-0.1, -0.05) is 0 Å². The minimum Gasteiger partial charge on any atom is -0.378 e. The number of ether oxygens (including phenoxy) is 1. The lowest BCUT2D eigenvalue weighted by Gasteiger charge is -2.31. The number of nitrogens with zero attached hydrogens (tertiary/aromatic N) is 2. The zero-order valence-electron chi connectivity index (χ0n) is 10.9. The number of hydrogen-bond acceptors (Lipinski definition) is 5. The van der Waals surface area contributed by atoms with E-state index in [2.05, 4.69) is 22.2 Å². The second kappa shape index (κ2) is 6.68. The summed E-state index contributed by atoms with van der Waals surface area (Å²) in [6.45, 7) is 5.91. The summed E-state index contributed by atoms with van der Waals surface area (Å²) in [5.74, 6) is 5.40. The van der Waals surface area contributed by atoms with Crippen LogP contribution < -0.4 is 11.3 Å². The highest BCUT2D eigenvalue weighted by Crippen LogP contribution is 2.16. The van der Waals surface area contributed by atoms with E-state index >= 15 is 0 Å². The summed E-state index contributed by atoms with van der Waals surface area (Å²) >= 11 is 0. The van der Waals surface area contributed by atoms with Crippen LogP contribution in [0.1, 0.15) is 25.5 Å². The van der Waals surface area contributed by atoms with Crippen LogP contribution in [0.3, 0.4) is 0 Å². The first kappa shape index (κ1) is 13.3. The van der Waals surface area contributed by atoms with Crippen LogP contribution in [0.2, 0.25) is 0 Å². The minimum absolute atomic E-state index is 0.441. The maximum absolute atomic E-state index is 5.65. The first-order valence-electron chi connectivity index (χ1n) is 6.57. The van der Waals surface area contributed by atoms with Crippen molar-refractivity contribution in [3.05, 3.63) is 24.0 Å². The molecule has 1 fully saturated rings. The Morgan fingerprint density at radius 3 is 2.94 bits per heavy atom. The molecule has 0 unspecified atom stereocenters. The number of anilines is 1. The molecule has 1 aromatic heterocycles. The van der Waals surface area contributed by atoms with Crippen LogP contribution in [-0.2, 0) is 11.3 Å². The number of pyridine rings is 1. The topological polar surface area (TPSA) is 63.4 Å². The van der Waals surface area contributed by atoms with E-state index in [1.54, 1.807) is 6.20 Å². The van der Waals surface area contributed by atoms with E-state index in [1.807, 2.05) is 12.1 Å². The molecule has 0 amide bonds. The van der Waals surface area contributed by atoms with Crippen LogP contribution in [-0.4, -0.2) is 35.7 Å². The van der Waals surface area contributed by atoms with Gasteiger partial charge < -0.3 is 10.2 Å². The van der Waals surface area contributed by atoms with Crippen molar-refractivity contribution >= 4 is 5.69 Å². The molecular formula is C13H22N4O. The maximum atomic E-state index is 5.65. The van der Waals surface area contributed by atoms with Gasteiger partial charge in [-0.25, -0.2) is 0 Å². The Labute approximate surface area is 108 Å². The van der Waals surface area contributed by atoms with Crippen LogP contribution in [0.15, 0.2) is 18.3 Å². The third-order valence-electron chi connectivity index (χ3n) is 3.31. The van der Waals surface area contributed by atoms with Crippen LogP contribution in [0.25, 0.3) is 0 Å². The van der Waals surface area contributed by atoms with E-state index in [-0.39, 0.29) is 0 Å². The van der Waals surface area contributed by atoms with Crippen molar-refractivity contribution in [2.45, 2.75) is 32.4 Å². The van der Waals surface area contributed by atoms with Crippen molar-refractivity contribution in [2.24, 2.45) is 5.84 Å². The number of nitrogen functional groups attached to an aromatic ring is 1. The third-order valence-corrected chi connectivity index (χ3v) is 3.31. The quantitative estimate of drug-likeness (QED) is 0.610. The van der Waals surface area contributed by atoms with Gasteiger partial charge in [-0.15, -0.1) is 0 Å². The van der Waals surface area contributed by atoms with Gasteiger partial charge in [0.25, 0.3) is 0 Å². The zero-order valence-corrected chi connectivity index (χ0v) is 10.9. The van der Waals surface area contributed by atoms with Crippen molar-refractivity contribution in [2.75, 3.05) is 25.1 Å². The molecule has 1 aliphatic heterocycles. The van der Waals surface area contributed by atoms with E-state index in [0.29, 0.717) is 6.10 Å². The number of hydrazine groups is 1. The smallest absolute Gasteiger partial charge is 0.0599 e. The fourth-order valence-electron chi connectivity index (χ4n) is 2.35. The number of nitrogens with two attached hydrogens (primary N) is 1. The first-order chi connectivity index (χ1) is 8.81. The molecule has 100 valence electrons. The molecule has 1 aromatic rings. The van der Waals surface area contributed by atoms with Gasteiger partial charge in [-0.2, -0.15) is 0 Å². The number of piperidine rings is 1. The fraction of sp³-hybridized carbons (Fsp3) is 0.615. The standard InChI is InChI=1S/C13H22N4O/c1-2-18-13-4-7-17(8-5-13)10-12-9-11(16-14)3-6-15-12/h3,6,9,13H,2,4-5,7-8,10,14H2,1H3,(H,15,16). The van der Waals surface area contributed by atoms with Crippen molar-refractivity contribution < 1.29 is 4.74 Å². The molecular weight excluding hydrogens is 228 g/mol. The molecule has 5 nitrogen and oxygen atoms in total. The molecule has 2 heterocycles. The summed E-state index contributed by atoms with van der Waals surface area (Å²) < 4.78 is 5.65. The molecule has 0 atom stereocenters. The Morgan fingerprint density at radius 1 is 1.50 bits per heavy atom. The monoisotopic (exact) mass is 250 g/mol. The molecule has 3 N–H and O–H groups in total. The summed E-state index contributed by atoms with van der Waals surface area (Å²) in [6.07, 6.45) is 4.46. The number of aromatic nitrogens is 1. The van der Waals surface area contributed by atoms with Crippen molar-refractivity contribution in [1.82, 2.24) is 9.88 Å². The number of rotatable bonds is 5. The summed E-state index contributed by atoms with van der Waals surface area (Å²) in [5, 5.41) is 0. The molecule has 18 heavy (non-hydrogen) atoms. The highest BCUT2D eigenvalue weighted by atomic mass is 16.5. The molecule has 5 heteroatoms. The van der Waals surface area contributed by atoms with Crippen molar-refractivity contribution in [3.8, 4) is 0 Å². The molecule has 0 aliphatic carbocycles. The predicted octanol–water partition coefficient (Wildman–Crippen LogP) is 1.37. The van der Waals surface area contributed by atoms with Crippen LogP contribution in [0.5, 0.6) is 0 Å². The first-order valence-corrected chi connectivity index (χ1v) is 6.57. The van der Waals surface area contributed by atoms with E-state index < -0.39 is 0 Å². The van der Waals surface area contributed by atoms with Crippen LogP contribution >= 0.6 is 0 Å². The van der Waals surface area contributed by atoms with Gasteiger partial charge >= 0.3 is 0 Å². The highest BCUT2D eigenvalue weighted by molar-refractivity contribution is 5.41. The third kappa shape index (κ3) is 3.66. The average Bonchev–Trinajstić information content (AvgIpc) is 2.42. The zero-order chi connectivity index (χ0) is 12.8. The molecule has 0 bridgehead atoms. The largest absolute Gasteiger partial charge is 0.378 e. The summed E-state index contributed by atoms with van der Waals surface area (Å²) in [5.41, 5.74) is 4.61. The van der Waals surface area contributed by atoms with Gasteiger partial charge in [0, 0.05) is 32.4 Å². The number of likely N-dealkylation sites (tertiary alicyclic amines) is 1. The summed E-state index contributed by atoms with van der Waals surface area (Å²) in [6, 6.07) is 3.86. The summed E-state index contributed by atoms with van der Waals surface area (Å²) in [7, 11) is 0. The lowest BCUT2D eigenvalue weighted by atomic mass is 10.1. The molecule has 2 rings (SSSR count). The predicted molar refractivity (Wildman–Crippen MR) is 72.0 cm³/mol. The minimum atomic E-state index is 0.441. The van der Waals surface area contributed by atoms with Gasteiger partial charge in [0.15, 0.2) is 0 Å². The number of hydrogen-bond donors (Lipinski definition) is 2. The Bertz CT molecular complexity index is 364. The average molecular weight is 250 g/mol. The van der Waals surface area contributed by atoms with Crippen LogP contribution in [0.4, 0.5) is 5.69 Å². The Hall–Kier alpha value is -1.17. The van der Waals surface area contributed by atoms with Gasteiger partial charge in [0.05, 0.1) is 17.5 Å². The Kier molecular flexibility index (Phi) is 4.92. The lowest BCUT2D eigenvalue weighted by Crippen LogP contribution is -2.36. The Morgan fingerprint density at radius 2 is 2.28 bits per heavy atom. The SMILES string of the molecule is CCOC1CCN(Cc2cc(NN)ccn2)CC1. The lowest BCUT2D eigenvalue weighted by molar-refractivity contribution is 0.0123. The van der Waals surface area contributed by atoms with Gasteiger partial charge in [-0.3, -0.25) is 15.7 Å². The molecule has 0 spiro atoms. The second-order valence-corrected chi connectivity index (χ2v) is 4.61. The fourth-order valence-corrected chi connectivity index (χ4v) is 2.35. The number of nitrogens with one attached hydrogen (secondary N) is 1. The molecule has 1 saturated heterocycles. The maximum Gasteiger partial charge on any atom is 0.0599 e. The van der Waals surface area contributed by atoms with E-state index in [4.69, 9.17) is 10.6 Å². The van der Waals surface area contributed by atoms with Crippen molar-refractivity contribution in [3.63, 3.8) is 0 Å². The van der Waals surface area contributed by atoms with E-state index in [9.17, 15) is 0 Å². The van der Waals surface area contributed by atoms with E-state index in [0.717, 1.165) is 50.5 Å². The normalized spacial score (nSPS) is 17.9. The van der Waals surface area contributed by atoms with Gasteiger partial charge in [0.1, 0.15) is 0 Å². The van der Waals surface area contributed by atoms with E-state index in [1.165, 1.54) is 0 Å². The summed E-state index contributed by atoms with van der Waals surface area (Å²) in [4.78, 5) is 6.78. The Balaban J connectivity index is 1.83. The molecule has 0 aromatic carbocycles. The van der Waals surface area contributed by atoms with Gasteiger partial charge in [-0.05, 0) is 31.9 Å². The van der Waals surface area contributed by atoms with Gasteiger partial charge in [0.2, 0.25) is 0 Å². The van der Waals surface area contributed by atoms with Crippen molar-refractivity contribution in [1.29, 1.82) is 0 Å². The highest BCUT2D eigenvalue weighted by Gasteiger charge is 2.19. The second-order valence-electron chi connectivity index (χ2n) is 4.61. The molecule has 1 aliphatic rings. The molecule has 0 radical (unpaired) electrons. The molecule has 0 saturated carbocycles. The van der Waals surface area contributed by atoms with Crippen LogP contribution in [0, 0.1) is 0 Å².